The van der Waals surface area contributed by atoms with Crippen molar-refractivity contribution < 1.29 is 9.90 Å². The second kappa shape index (κ2) is 5.87. The van der Waals surface area contributed by atoms with Gasteiger partial charge in [0.05, 0.1) is 0 Å². The molecule has 1 aromatic carbocycles. The van der Waals surface area contributed by atoms with Crippen LogP contribution in [-0.4, -0.2) is 48.2 Å². The topological polar surface area (TPSA) is 43.8 Å². The highest BCUT2D eigenvalue weighted by Gasteiger charge is 2.24. The van der Waals surface area contributed by atoms with Gasteiger partial charge in [-0.25, -0.2) is 0 Å². The number of hydrogen-bond donors (Lipinski definition) is 1. The molecule has 4 nitrogen and oxygen atoms in total. The highest BCUT2D eigenvalue weighted by Crippen LogP contribution is 2.16. The molecule has 4 heteroatoms. The van der Waals surface area contributed by atoms with Crippen molar-refractivity contribution in [1.29, 1.82) is 0 Å². The zero-order valence-electron chi connectivity index (χ0n) is 10.7. The molecule has 0 saturated carbocycles. The second-order valence-corrected chi connectivity index (χ2v) is 4.57. The van der Waals surface area contributed by atoms with Gasteiger partial charge in [-0.1, -0.05) is 25.1 Å². The molecule has 0 radical (unpaired) electrons. The molecule has 0 bridgehead atoms. The van der Waals surface area contributed by atoms with E-state index in [2.05, 4.69) is 17.0 Å². The van der Waals surface area contributed by atoms with Crippen LogP contribution in [0.2, 0.25) is 0 Å². The Balaban J connectivity index is 1.90. The van der Waals surface area contributed by atoms with E-state index in [0.717, 1.165) is 13.1 Å². The number of nitrogens with zero attached hydrogens (tertiary/aromatic N) is 2. The van der Waals surface area contributed by atoms with Gasteiger partial charge in [-0.15, -0.1) is 0 Å². The van der Waals surface area contributed by atoms with Gasteiger partial charge in [0, 0.05) is 31.9 Å². The van der Waals surface area contributed by atoms with Crippen molar-refractivity contribution in [1.82, 2.24) is 4.90 Å². The van der Waals surface area contributed by atoms with Gasteiger partial charge in [-0.2, -0.15) is 0 Å². The Hall–Kier alpha value is -1.55. The van der Waals surface area contributed by atoms with Crippen LogP contribution in [0.1, 0.15) is 13.3 Å². The molecule has 18 heavy (non-hydrogen) atoms. The van der Waals surface area contributed by atoms with Gasteiger partial charge in [0.2, 0.25) is 0 Å². The van der Waals surface area contributed by atoms with Crippen LogP contribution in [0.5, 0.6) is 0 Å². The maximum atomic E-state index is 11.8. The van der Waals surface area contributed by atoms with Crippen LogP contribution in [0.15, 0.2) is 30.3 Å². The number of amides is 1. The first-order chi connectivity index (χ1) is 8.72. The van der Waals surface area contributed by atoms with E-state index in [1.165, 1.54) is 5.69 Å². The van der Waals surface area contributed by atoms with Crippen LogP contribution in [0.25, 0.3) is 0 Å². The number of carbonyl (C=O) groups excluding carboxylic acids is 1. The van der Waals surface area contributed by atoms with Crippen LogP contribution in [0, 0.1) is 0 Å². The largest absolute Gasteiger partial charge is 0.383 e. The van der Waals surface area contributed by atoms with Crippen molar-refractivity contribution in [3.05, 3.63) is 30.3 Å². The van der Waals surface area contributed by atoms with E-state index in [1.807, 2.05) is 25.1 Å². The van der Waals surface area contributed by atoms with Crippen molar-refractivity contribution >= 4 is 11.6 Å². The minimum atomic E-state index is -0.840. The first-order valence-electron chi connectivity index (χ1n) is 6.49. The van der Waals surface area contributed by atoms with Gasteiger partial charge in [0.1, 0.15) is 6.10 Å². The average Bonchev–Trinajstić information content (AvgIpc) is 2.47. The summed E-state index contributed by atoms with van der Waals surface area (Å²) in [7, 11) is 0. The Labute approximate surface area is 108 Å². The summed E-state index contributed by atoms with van der Waals surface area (Å²) < 4.78 is 0. The van der Waals surface area contributed by atoms with Crippen LogP contribution < -0.4 is 4.90 Å². The van der Waals surface area contributed by atoms with E-state index < -0.39 is 6.10 Å². The smallest absolute Gasteiger partial charge is 0.251 e. The molecule has 2 rings (SSSR count). The number of aliphatic hydroxyl groups is 1. The van der Waals surface area contributed by atoms with Gasteiger partial charge in [-0.3, -0.25) is 4.79 Å². The quantitative estimate of drug-likeness (QED) is 0.871. The van der Waals surface area contributed by atoms with E-state index in [0.29, 0.717) is 19.5 Å². The molecule has 1 aliphatic rings. The summed E-state index contributed by atoms with van der Waals surface area (Å²) in [6.07, 6.45) is -0.356. The third-order valence-electron chi connectivity index (χ3n) is 3.38. The van der Waals surface area contributed by atoms with Crippen molar-refractivity contribution in [2.75, 3.05) is 31.1 Å². The molecule has 0 aliphatic carbocycles. The van der Waals surface area contributed by atoms with Gasteiger partial charge in [-0.05, 0) is 18.6 Å². The number of para-hydroxylation sites is 1. The van der Waals surface area contributed by atoms with Gasteiger partial charge in [0.15, 0.2) is 0 Å². The van der Waals surface area contributed by atoms with E-state index in [1.54, 1.807) is 4.90 Å². The van der Waals surface area contributed by atoms with Crippen LogP contribution >= 0.6 is 0 Å². The lowest BCUT2D eigenvalue weighted by molar-refractivity contribution is -0.140. The molecule has 1 fully saturated rings. The highest BCUT2D eigenvalue weighted by atomic mass is 16.3. The van der Waals surface area contributed by atoms with Crippen LogP contribution in [0.4, 0.5) is 5.69 Å². The van der Waals surface area contributed by atoms with Crippen molar-refractivity contribution in [3.63, 3.8) is 0 Å². The predicted molar refractivity (Wildman–Crippen MR) is 71.5 cm³/mol. The molecule has 0 spiro atoms. The molecule has 1 heterocycles. The lowest BCUT2D eigenvalue weighted by atomic mass is 10.2. The number of hydrogen-bond acceptors (Lipinski definition) is 3. The summed E-state index contributed by atoms with van der Waals surface area (Å²) in [4.78, 5) is 15.9. The highest BCUT2D eigenvalue weighted by molar-refractivity contribution is 5.80. The van der Waals surface area contributed by atoms with E-state index in [-0.39, 0.29) is 5.91 Å². The van der Waals surface area contributed by atoms with Gasteiger partial charge < -0.3 is 14.9 Å². The molecular formula is C14H20N2O2. The zero-order chi connectivity index (χ0) is 13.0. The molecule has 1 saturated heterocycles. The standard InChI is InChI=1S/C14H20N2O2/c1-2-13(17)14(18)16-10-8-15(9-11-16)12-6-4-3-5-7-12/h3-7,13,17H,2,8-11H2,1H3. The van der Waals surface area contributed by atoms with Gasteiger partial charge in [0.25, 0.3) is 5.91 Å². The zero-order valence-corrected chi connectivity index (χ0v) is 10.7. The number of anilines is 1. The summed E-state index contributed by atoms with van der Waals surface area (Å²) in [6.45, 7) is 4.84. The summed E-state index contributed by atoms with van der Waals surface area (Å²) in [5.74, 6) is -0.134. The number of aliphatic hydroxyl groups excluding tert-OH is 1. The Morgan fingerprint density at radius 2 is 1.83 bits per heavy atom. The molecule has 1 unspecified atom stereocenters. The first-order valence-corrected chi connectivity index (χ1v) is 6.49. The van der Waals surface area contributed by atoms with E-state index in [4.69, 9.17) is 0 Å². The fourth-order valence-electron chi connectivity index (χ4n) is 2.21. The Bertz CT molecular complexity index is 386. The number of rotatable bonds is 3. The minimum absolute atomic E-state index is 0.134. The molecule has 1 aromatic rings. The minimum Gasteiger partial charge on any atom is -0.383 e. The molecule has 1 aliphatic heterocycles. The van der Waals surface area contributed by atoms with Crippen molar-refractivity contribution in [2.45, 2.75) is 19.4 Å². The molecule has 1 amide bonds. The van der Waals surface area contributed by atoms with E-state index in [9.17, 15) is 9.90 Å². The third kappa shape index (κ3) is 2.82. The number of piperazine rings is 1. The van der Waals surface area contributed by atoms with Gasteiger partial charge >= 0.3 is 0 Å². The number of benzene rings is 1. The fraction of sp³-hybridized carbons (Fsp3) is 0.500. The molecule has 1 N–H and O–H groups in total. The Morgan fingerprint density at radius 1 is 1.22 bits per heavy atom. The summed E-state index contributed by atoms with van der Waals surface area (Å²) in [6, 6.07) is 10.2. The summed E-state index contributed by atoms with van der Waals surface area (Å²) in [5.41, 5.74) is 1.20. The van der Waals surface area contributed by atoms with Crippen molar-refractivity contribution in [2.24, 2.45) is 0 Å². The normalized spacial score (nSPS) is 17.7. The lowest BCUT2D eigenvalue weighted by Crippen LogP contribution is -2.51. The lowest BCUT2D eigenvalue weighted by Gasteiger charge is -2.36. The fourth-order valence-corrected chi connectivity index (χ4v) is 2.21. The maximum Gasteiger partial charge on any atom is 0.251 e. The molecule has 98 valence electrons. The average molecular weight is 248 g/mol. The Kier molecular flexibility index (Phi) is 4.20. The SMILES string of the molecule is CCC(O)C(=O)N1CCN(c2ccccc2)CC1. The van der Waals surface area contributed by atoms with E-state index >= 15 is 0 Å². The third-order valence-corrected chi connectivity index (χ3v) is 3.38. The number of carbonyl (C=O) groups is 1. The van der Waals surface area contributed by atoms with Crippen LogP contribution in [0.3, 0.4) is 0 Å². The predicted octanol–water partition coefficient (Wildman–Crippen LogP) is 1.11. The molecular weight excluding hydrogens is 228 g/mol. The monoisotopic (exact) mass is 248 g/mol. The summed E-state index contributed by atoms with van der Waals surface area (Å²) >= 11 is 0. The molecule has 0 aromatic heterocycles. The maximum absolute atomic E-state index is 11.8. The first kappa shape index (κ1) is 12.9. The second-order valence-electron chi connectivity index (χ2n) is 4.57. The Morgan fingerprint density at radius 3 is 2.39 bits per heavy atom. The summed E-state index contributed by atoms with van der Waals surface area (Å²) in [5, 5.41) is 9.56. The molecule has 1 atom stereocenters. The van der Waals surface area contributed by atoms with Crippen molar-refractivity contribution in [3.8, 4) is 0 Å². The van der Waals surface area contributed by atoms with Crippen LogP contribution in [-0.2, 0) is 4.79 Å².